The highest BCUT2D eigenvalue weighted by molar-refractivity contribution is 5.81. The molecule has 110 valence electrons. The van der Waals surface area contributed by atoms with Crippen LogP contribution in [-0.2, 0) is 17.8 Å². The molecule has 1 amide bonds. The van der Waals surface area contributed by atoms with Crippen LogP contribution in [0.15, 0.2) is 24.3 Å². The van der Waals surface area contributed by atoms with Crippen LogP contribution < -0.4 is 10.6 Å². The first-order chi connectivity index (χ1) is 9.65. The Morgan fingerprint density at radius 2 is 1.90 bits per heavy atom. The average molecular weight is 274 g/mol. The van der Waals surface area contributed by atoms with Crippen LogP contribution in [0.3, 0.4) is 0 Å². The van der Waals surface area contributed by atoms with E-state index in [9.17, 15) is 4.79 Å². The molecule has 0 bridgehead atoms. The van der Waals surface area contributed by atoms with Gasteiger partial charge in [-0.05, 0) is 42.7 Å². The lowest BCUT2D eigenvalue weighted by Gasteiger charge is -2.15. The minimum Gasteiger partial charge on any atom is -0.355 e. The van der Waals surface area contributed by atoms with Crippen LogP contribution in [0.5, 0.6) is 0 Å². The zero-order valence-corrected chi connectivity index (χ0v) is 12.6. The third-order valence-electron chi connectivity index (χ3n) is 3.75. The van der Waals surface area contributed by atoms with Crippen molar-refractivity contribution in [3.8, 4) is 0 Å². The lowest BCUT2D eigenvalue weighted by Crippen LogP contribution is -2.42. The average Bonchev–Trinajstić information content (AvgIpc) is 2.62. The normalized spacial score (nSPS) is 19.8. The maximum absolute atomic E-state index is 11.8. The molecule has 1 atom stereocenters. The Kier molecular flexibility index (Phi) is 5.60. The minimum atomic E-state index is -0.0344. The molecule has 1 unspecified atom stereocenters. The molecule has 0 radical (unpaired) electrons. The highest BCUT2D eigenvalue weighted by atomic mass is 16.2. The van der Waals surface area contributed by atoms with Gasteiger partial charge in [-0.3, -0.25) is 4.79 Å². The van der Waals surface area contributed by atoms with E-state index in [1.165, 1.54) is 11.1 Å². The van der Waals surface area contributed by atoms with Gasteiger partial charge in [0.1, 0.15) is 0 Å². The fourth-order valence-corrected chi connectivity index (χ4v) is 2.64. The fraction of sp³-hybridized carbons (Fsp3) is 0.588. The highest BCUT2D eigenvalue weighted by Gasteiger charge is 2.19. The SMILES string of the molecule is CC(C)Cc1ccc(CNC2CCCCNC2=O)cc1. The zero-order chi connectivity index (χ0) is 14.4. The Hall–Kier alpha value is -1.35. The van der Waals surface area contributed by atoms with E-state index >= 15 is 0 Å². The van der Waals surface area contributed by atoms with Crippen LogP contribution in [0.25, 0.3) is 0 Å². The first-order valence-corrected chi connectivity index (χ1v) is 7.74. The van der Waals surface area contributed by atoms with Gasteiger partial charge in [0, 0.05) is 13.1 Å². The van der Waals surface area contributed by atoms with Gasteiger partial charge in [-0.1, -0.05) is 38.1 Å². The third kappa shape index (κ3) is 4.64. The van der Waals surface area contributed by atoms with Gasteiger partial charge in [0.15, 0.2) is 0 Å². The van der Waals surface area contributed by atoms with Gasteiger partial charge in [0.2, 0.25) is 5.91 Å². The number of carbonyl (C=O) groups is 1. The number of rotatable bonds is 5. The maximum atomic E-state index is 11.8. The van der Waals surface area contributed by atoms with Crippen molar-refractivity contribution >= 4 is 5.91 Å². The molecule has 2 N–H and O–H groups in total. The van der Waals surface area contributed by atoms with Crippen molar-refractivity contribution in [2.24, 2.45) is 5.92 Å². The molecule has 1 fully saturated rings. The summed E-state index contributed by atoms with van der Waals surface area (Å²) in [4.78, 5) is 11.8. The largest absolute Gasteiger partial charge is 0.355 e. The minimum absolute atomic E-state index is 0.0344. The summed E-state index contributed by atoms with van der Waals surface area (Å²) in [6, 6.07) is 8.69. The summed E-state index contributed by atoms with van der Waals surface area (Å²) in [6.45, 7) is 6.06. The summed E-state index contributed by atoms with van der Waals surface area (Å²) in [5, 5.41) is 6.34. The van der Waals surface area contributed by atoms with Crippen LogP contribution in [-0.4, -0.2) is 18.5 Å². The second kappa shape index (κ2) is 7.44. The van der Waals surface area contributed by atoms with Gasteiger partial charge >= 0.3 is 0 Å². The Morgan fingerprint density at radius 3 is 2.60 bits per heavy atom. The van der Waals surface area contributed by atoms with Crippen molar-refractivity contribution in [3.63, 3.8) is 0 Å². The topological polar surface area (TPSA) is 41.1 Å². The number of hydrogen-bond acceptors (Lipinski definition) is 2. The predicted octanol–water partition coefficient (Wildman–Crippen LogP) is 2.64. The molecule has 0 saturated carbocycles. The second-order valence-corrected chi connectivity index (χ2v) is 6.13. The monoisotopic (exact) mass is 274 g/mol. The first-order valence-electron chi connectivity index (χ1n) is 7.74. The summed E-state index contributed by atoms with van der Waals surface area (Å²) in [5.74, 6) is 0.840. The van der Waals surface area contributed by atoms with E-state index in [2.05, 4.69) is 48.7 Å². The molecule has 1 heterocycles. The van der Waals surface area contributed by atoms with Crippen molar-refractivity contribution in [2.75, 3.05) is 6.54 Å². The lowest BCUT2D eigenvalue weighted by atomic mass is 10.0. The molecule has 1 aromatic rings. The molecule has 3 nitrogen and oxygen atoms in total. The molecule has 1 saturated heterocycles. The van der Waals surface area contributed by atoms with Crippen molar-refractivity contribution in [1.29, 1.82) is 0 Å². The first kappa shape index (κ1) is 15.0. The maximum Gasteiger partial charge on any atom is 0.237 e. The number of carbonyl (C=O) groups excluding carboxylic acids is 1. The number of amides is 1. The molecule has 3 heteroatoms. The molecule has 2 rings (SSSR count). The Bertz CT molecular complexity index is 425. The fourth-order valence-electron chi connectivity index (χ4n) is 2.64. The van der Waals surface area contributed by atoms with Crippen LogP contribution in [0.1, 0.15) is 44.2 Å². The molecular weight excluding hydrogens is 248 g/mol. The molecule has 1 aliphatic heterocycles. The Morgan fingerprint density at radius 1 is 1.20 bits per heavy atom. The second-order valence-electron chi connectivity index (χ2n) is 6.13. The van der Waals surface area contributed by atoms with E-state index in [4.69, 9.17) is 0 Å². The van der Waals surface area contributed by atoms with E-state index in [0.29, 0.717) is 5.92 Å². The lowest BCUT2D eigenvalue weighted by molar-refractivity contribution is -0.122. The molecule has 1 aliphatic rings. The van der Waals surface area contributed by atoms with Crippen molar-refractivity contribution in [3.05, 3.63) is 35.4 Å². The van der Waals surface area contributed by atoms with Crippen LogP contribution in [0, 0.1) is 5.92 Å². The molecule has 0 aliphatic carbocycles. The molecule has 1 aromatic carbocycles. The van der Waals surface area contributed by atoms with E-state index in [1.807, 2.05) is 0 Å². The zero-order valence-electron chi connectivity index (χ0n) is 12.6. The smallest absolute Gasteiger partial charge is 0.237 e. The van der Waals surface area contributed by atoms with E-state index < -0.39 is 0 Å². The van der Waals surface area contributed by atoms with Crippen molar-refractivity contribution in [1.82, 2.24) is 10.6 Å². The van der Waals surface area contributed by atoms with E-state index in [-0.39, 0.29) is 11.9 Å². The third-order valence-corrected chi connectivity index (χ3v) is 3.75. The quantitative estimate of drug-likeness (QED) is 0.866. The van der Waals surface area contributed by atoms with Gasteiger partial charge < -0.3 is 10.6 Å². The summed E-state index contributed by atoms with van der Waals surface area (Å²) in [7, 11) is 0. The summed E-state index contributed by atoms with van der Waals surface area (Å²) < 4.78 is 0. The van der Waals surface area contributed by atoms with E-state index in [0.717, 1.165) is 38.8 Å². The summed E-state index contributed by atoms with van der Waals surface area (Å²) in [6.07, 6.45) is 4.27. The van der Waals surface area contributed by atoms with E-state index in [1.54, 1.807) is 0 Å². The number of nitrogens with one attached hydrogen (secondary N) is 2. The Balaban J connectivity index is 1.85. The van der Waals surface area contributed by atoms with Crippen LogP contribution >= 0.6 is 0 Å². The highest BCUT2D eigenvalue weighted by Crippen LogP contribution is 2.11. The van der Waals surface area contributed by atoms with Gasteiger partial charge in [-0.15, -0.1) is 0 Å². The predicted molar refractivity (Wildman–Crippen MR) is 82.5 cm³/mol. The molecule has 0 spiro atoms. The molecular formula is C17H26N2O. The van der Waals surface area contributed by atoms with Gasteiger partial charge in [0.05, 0.1) is 6.04 Å². The number of benzene rings is 1. The Labute approximate surface area is 122 Å². The van der Waals surface area contributed by atoms with Crippen molar-refractivity contribution < 1.29 is 4.79 Å². The summed E-state index contributed by atoms with van der Waals surface area (Å²) in [5.41, 5.74) is 2.63. The molecule has 0 aromatic heterocycles. The van der Waals surface area contributed by atoms with Gasteiger partial charge in [-0.25, -0.2) is 0 Å². The van der Waals surface area contributed by atoms with Gasteiger partial charge in [-0.2, -0.15) is 0 Å². The standard InChI is InChI=1S/C17H26N2O/c1-13(2)11-14-6-8-15(9-7-14)12-19-16-5-3-4-10-18-17(16)20/h6-9,13,16,19H,3-5,10-12H2,1-2H3,(H,18,20). The van der Waals surface area contributed by atoms with Crippen LogP contribution in [0.2, 0.25) is 0 Å². The number of hydrogen-bond donors (Lipinski definition) is 2. The summed E-state index contributed by atoms with van der Waals surface area (Å²) >= 11 is 0. The van der Waals surface area contributed by atoms with Crippen LogP contribution in [0.4, 0.5) is 0 Å². The molecule has 20 heavy (non-hydrogen) atoms. The van der Waals surface area contributed by atoms with Crippen molar-refractivity contribution in [2.45, 2.75) is 52.1 Å². The van der Waals surface area contributed by atoms with Gasteiger partial charge in [0.25, 0.3) is 0 Å².